The number of carboxylic acid groups (broad SMARTS) is 1. The van der Waals surface area contributed by atoms with Crippen LogP contribution >= 0.6 is 0 Å². The van der Waals surface area contributed by atoms with E-state index >= 15 is 0 Å². The van der Waals surface area contributed by atoms with Crippen molar-refractivity contribution in [1.29, 1.82) is 0 Å². The van der Waals surface area contributed by atoms with E-state index in [2.05, 4.69) is 4.74 Å². The van der Waals surface area contributed by atoms with E-state index in [1.807, 2.05) is 0 Å². The molecule has 33 heavy (non-hydrogen) atoms. The molecule has 0 amide bonds. The van der Waals surface area contributed by atoms with Crippen LogP contribution in [0.3, 0.4) is 0 Å². The predicted molar refractivity (Wildman–Crippen MR) is 114 cm³/mol. The van der Waals surface area contributed by atoms with E-state index in [9.17, 15) is 27.9 Å². The van der Waals surface area contributed by atoms with Crippen LogP contribution in [0.4, 0.5) is 13.2 Å². The molecule has 174 valence electrons. The van der Waals surface area contributed by atoms with Gasteiger partial charge in [-0.15, -0.1) is 13.2 Å². The first-order valence-electron chi connectivity index (χ1n) is 10.4. The average molecular weight is 461 g/mol. The molecule has 1 N–H and O–H groups in total. The first-order chi connectivity index (χ1) is 15.6. The summed E-state index contributed by atoms with van der Waals surface area (Å²) in [6.45, 7) is 1.69. The van der Waals surface area contributed by atoms with Crippen molar-refractivity contribution in [3.63, 3.8) is 0 Å². The van der Waals surface area contributed by atoms with E-state index < -0.39 is 29.9 Å². The third-order valence-corrected chi connectivity index (χ3v) is 6.20. The lowest BCUT2D eigenvalue weighted by molar-refractivity contribution is -0.274. The van der Waals surface area contributed by atoms with E-state index in [4.69, 9.17) is 4.74 Å². The molecule has 6 nitrogen and oxygen atoms in total. The summed E-state index contributed by atoms with van der Waals surface area (Å²) in [6.07, 6.45) is -2.29. The van der Waals surface area contributed by atoms with Gasteiger partial charge < -0.3 is 14.6 Å². The third kappa shape index (κ3) is 4.27. The van der Waals surface area contributed by atoms with Gasteiger partial charge in [-0.25, -0.2) is 0 Å². The lowest BCUT2D eigenvalue weighted by Crippen LogP contribution is -2.27. The maximum atomic E-state index is 13.4. The molecular formula is C24H22F3NO5. The summed E-state index contributed by atoms with van der Waals surface area (Å²) >= 11 is 0. The van der Waals surface area contributed by atoms with E-state index in [1.54, 1.807) is 25.1 Å². The number of halogens is 3. The number of benzene rings is 2. The molecule has 3 aromatic rings. The van der Waals surface area contributed by atoms with Crippen LogP contribution in [0.2, 0.25) is 0 Å². The molecule has 1 aliphatic rings. The van der Waals surface area contributed by atoms with E-state index in [0.29, 0.717) is 27.9 Å². The molecule has 0 radical (unpaired) electrons. The molecule has 1 aromatic heterocycles. The van der Waals surface area contributed by atoms with Gasteiger partial charge in [-0.3, -0.25) is 14.2 Å². The molecule has 0 aliphatic heterocycles. The van der Waals surface area contributed by atoms with Gasteiger partial charge in [0.2, 0.25) is 0 Å². The average Bonchev–Trinajstić information content (AvgIpc) is 2.99. The van der Waals surface area contributed by atoms with Crippen LogP contribution in [-0.2, 0) is 4.79 Å². The number of alkyl halides is 3. The highest BCUT2D eigenvalue weighted by atomic mass is 19.4. The van der Waals surface area contributed by atoms with Crippen molar-refractivity contribution in [3.8, 4) is 11.5 Å². The number of nitrogens with zero attached hydrogens (tertiary/aromatic N) is 1. The van der Waals surface area contributed by atoms with Gasteiger partial charge in [0.05, 0.1) is 18.5 Å². The Balaban J connectivity index is 1.83. The fourth-order valence-corrected chi connectivity index (χ4v) is 4.47. The Bertz CT molecular complexity index is 1210. The lowest BCUT2D eigenvalue weighted by atomic mass is 9.72. The van der Waals surface area contributed by atoms with E-state index in [-0.39, 0.29) is 11.5 Å². The number of methoxy groups -OCH3 is 1. The van der Waals surface area contributed by atoms with Crippen molar-refractivity contribution < 1.29 is 37.3 Å². The minimum Gasteiger partial charge on any atom is -0.497 e. The topological polar surface area (TPSA) is 77.8 Å². The largest absolute Gasteiger partial charge is 0.573 e. The van der Waals surface area contributed by atoms with Gasteiger partial charge in [-0.05, 0) is 73.7 Å². The fraction of sp³-hybridized carbons (Fsp3) is 0.333. The van der Waals surface area contributed by atoms with Crippen LogP contribution in [-0.4, -0.2) is 35.0 Å². The van der Waals surface area contributed by atoms with Crippen LogP contribution < -0.4 is 9.47 Å². The van der Waals surface area contributed by atoms with Crippen LogP contribution in [0.25, 0.3) is 10.9 Å². The quantitative estimate of drug-likeness (QED) is 0.524. The summed E-state index contributed by atoms with van der Waals surface area (Å²) in [4.78, 5) is 25.7. The second kappa shape index (κ2) is 8.46. The molecule has 0 saturated heterocycles. The van der Waals surface area contributed by atoms with Crippen molar-refractivity contribution in [2.45, 2.75) is 38.5 Å². The number of hydrogen-bond donors (Lipinski definition) is 1. The number of carbonyl (C=O) groups is 2. The summed E-state index contributed by atoms with van der Waals surface area (Å²) in [7, 11) is 1.50. The summed E-state index contributed by atoms with van der Waals surface area (Å²) in [5, 5.41) is 10.6. The number of carbonyl (C=O) groups excluding carboxylic acids is 1. The van der Waals surface area contributed by atoms with Crippen molar-refractivity contribution in [2.75, 3.05) is 7.11 Å². The van der Waals surface area contributed by atoms with Gasteiger partial charge in [0.15, 0.2) is 0 Å². The van der Waals surface area contributed by atoms with E-state index in [0.717, 1.165) is 31.4 Å². The normalized spacial score (nSPS) is 15.2. The van der Waals surface area contributed by atoms with Crippen LogP contribution in [0.15, 0.2) is 42.5 Å². The predicted octanol–water partition coefficient (Wildman–Crippen LogP) is 5.51. The zero-order valence-corrected chi connectivity index (χ0v) is 18.0. The van der Waals surface area contributed by atoms with Crippen molar-refractivity contribution in [2.24, 2.45) is 5.92 Å². The molecule has 1 heterocycles. The summed E-state index contributed by atoms with van der Waals surface area (Å²) in [5.41, 5.74) is 1.70. The number of ether oxygens (including phenoxy) is 2. The SMILES string of the molecule is COc1ccc2c(c1)c(C(C(=O)O)C1CCC1)c(C)n2C(=O)c1ccc(OC(F)(F)F)cc1. The third-order valence-electron chi connectivity index (χ3n) is 6.20. The molecule has 4 rings (SSSR count). The first kappa shape index (κ1) is 22.7. The lowest BCUT2D eigenvalue weighted by Gasteiger charge is -2.31. The van der Waals surface area contributed by atoms with Gasteiger partial charge in [0, 0.05) is 16.6 Å². The van der Waals surface area contributed by atoms with E-state index in [1.165, 1.54) is 23.8 Å². The smallest absolute Gasteiger partial charge is 0.497 e. The number of fused-ring (bicyclic) bond motifs is 1. The Hall–Kier alpha value is -3.49. The molecule has 1 atom stereocenters. The summed E-state index contributed by atoms with van der Waals surface area (Å²) in [5.74, 6) is -2.14. The number of rotatable bonds is 6. The molecule has 1 fully saturated rings. The molecule has 9 heteroatoms. The van der Waals surface area contributed by atoms with Gasteiger partial charge in [-0.2, -0.15) is 0 Å². The summed E-state index contributed by atoms with van der Waals surface area (Å²) < 4.78 is 47.9. The number of carboxylic acids is 1. The molecule has 1 saturated carbocycles. The Morgan fingerprint density at radius 3 is 2.24 bits per heavy atom. The zero-order chi connectivity index (χ0) is 23.9. The van der Waals surface area contributed by atoms with Crippen LogP contribution in [0.5, 0.6) is 11.5 Å². The zero-order valence-electron chi connectivity index (χ0n) is 18.0. The van der Waals surface area contributed by atoms with Gasteiger partial charge in [0.25, 0.3) is 5.91 Å². The second-order valence-electron chi connectivity index (χ2n) is 8.10. The second-order valence-corrected chi connectivity index (χ2v) is 8.10. The summed E-state index contributed by atoms with van der Waals surface area (Å²) in [6, 6.07) is 9.71. The molecular weight excluding hydrogens is 439 g/mol. The minimum absolute atomic E-state index is 0.0275. The Kier molecular flexibility index (Phi) is 5.82. The molecule has 1 aliphatic carbocycles. The molecule has 0 spiro atoms. The maximum absolute atomic E-state index is 13.4. The monoisotopic (exact) mass is 461 g/mol. The fourth-order valence-electron chi connectivity index (χ4n) is 4.47. The van der Waals surface area contributed by atoms with Crippen molar-refractivity contribution in [1.82, 2.24) is 4.57 Å². The molecule has 2 aromatic carbocycles. The maximum Gasteiger partial charge on any atom is 0.573 e. The highest BCUT2D eigenvalue weighted by Crippen LogP contribution is 2.44. The molecule has 0 bridgehead atoms. The van der Waals surface area contributed by atoms with Crippen molar-refractivity contribution in [3.05, 3.63) is 59.3 Å². The standard InChI is InChI=1S/C24H22F3NO5/c1-13-20(21(23(30)31)14-4-3-5-14)18-12-17(32-2)10-11-19(18)28(13)22(29)15-6-8-16(9-7-15)33-24(25,26)27/h6-12,14,21H,3-5H2,1-2H3,(H,30,31). The Labute approximate surface area is 187 Å². The van der Waals surface area contributed by atoms with Crippen LogP contribution in [0, 0.1) is 12.8 Å². The number of aliphatic carboxylic acids is 1. The van der Waals surface area contributed by atoms with Gasteiger partial charge >= 0.3 is 12.3 Å². The Morgan fingerprint density at radius 1 is 1.09 bits per heavy atom. The Morgan fingerprint density at radius 2 is 1.73 bits per heavy atom. The number of aromatic nitrogens is 1. The minimum atomic E-state index is -4.83. The first-order valence-corrected chi connectivity index (χ1v) is 10.4. The molecule has 1 unspecified atom stereocenters. The van der Waals surface area contributed by atoms with Gasteiger partial charge in [0.1, 0.15) is 11.5 Å². The van der Waals surface area contributed by atoms with Gasteiger partial charge in [-0.1, -0.05) is 6.42 Å². The van der Waals surface area contributed by atoms with Crippen LogP contribution in [0.1, 0.15) is 46.8 Å². The highest BCUT2D eigenvalue weighted by Gasteiger charge is 2.38. The van der Waals surface area contributed by atoms with Crippen molar-refractivity contribution >= 4 is 22.8 Å². The highest BCUT2D eigenvalue weighted by molar-refractivity contribution is 6.05. The number of hydrogen-bond acceptors (Lipinski definition) is 4.